The third-order valence-electron chi connectivity index (χ3n) is 3.64. The van der Waals surface area contributed by atoms with E-state index in [2.05, 4.69) is 6.92 Å². The molecule has 0 aromatic rings. The van der Waals surface area contributed by atoms with Crippen LogP contribution in [0.2, 0.25) is 0 Å². The molecule has 0 radical (unpaired) electrons. The Morgan fingerprint density at radius 1 is 1.38 bits per heavy atom. The number of hydrogen-bond donors (Lipinski definition) is 0. The first-order valence-corrected chi connectivity index (χ1v) is 5.17. The molecule has 0 unspecified atom stereocenters. The van der Waals surface area contributed by atoms with E-state index in [0.29, 0.717) is 6.61 Å². The number of carbonyl (C=O) groups is 1. The van der Waals surface area contributed by atoms with E-state index in [-0.39, 0.29) is 16.8 Å². The summed E-state index contributed by atoms with van der Waals surface area (Å²) in [5.74, 6) is -0.0330. The first-order valence-electron chi connectivity index (χ1n) is 5.17. The van der Waals surface area contributed by atoms with Gasteiger partial charge < -0.3 is 4.74 Å². The average molecular weight is 184 g/mol. The summed E-state index contributed by atoms with van der Waals surface area (Å²) in [7, 11) is 0. The van der Waals surface area contributed by atoms with Crippen LogP contribution in [0.3, 0.4) is 0 Å². The van der Waals surface area contributed by atoms with Crippen LogP contribution < -0.4 is 0 Å². The first-order chi connectivity index (χ1) is 6.00. The number of hydrogen-bond acceptors (Lipinski definition) is 2. The van der Waals surface area contributed by atoms with Crippen molar-refractivity contribution in [2.75, 3.05) is 6.61 Å². The molecule has 76 valence electrons. The van der Waals surface area contributed by atoms with Crippen LogP contribution in [0.15, 0.2) is 0 Å². The summed E-state index contributed by atoms with van der Waals surface area (Å²) in [5.41, 5.74) is -0.0585. The normalized spacial score (nSPS) is 19.7. The fourth-order valence-corrected chi connectivity index (χ4v) is 2.10. The zero-order valence-electron chi connectivity index (χ0n) is 9.14. The van der Waals surface area contributed by atoms with Crippen molar-refractivity contribution in [1.29, 1.82) is 0 Å². The van der Waals surface area contributed by atoms with E-state index in [1.54, 1.807) is 0 Å². The van der Waals surface area contributed by atoms with Crippen LogP contribution in [0, 0.1) is 10.8 Å². The smallest absolute Gasteiger partial charge is 0.312 e. The molecule has 0 aliphatic heterocycles. The predicted molar refractivity (Wildman–Crippen MR) is 52.4 cm³/mol. The Kier molecular flexibility index (Phi) is 2.69. The van der Waals surface area contributed by atoms with Gasteiger partial charge in [-0.3, -0.25) is 4.79 Å². The van der Waals surface area contributed by atoms with E-state index in [0.717, 1.165) is 6.42 Å². The quantitative estimate of drug-likeness (QED) is 0.628. The maximum Gasteiger partial charge on any atom is 0.312 e. The third-order valence-corrected chi connectivity index (χ3v) is 3.64. The van der Waals surface area contributed by atoms with Crippen molar-refractivity contribution in [3.63, 3.8) is 0 Å². The predicted octanol–water partition coefficient (Wildman–Crippen LogP) is 2.77. The molecular weight excluding hydrogens is 164 g/mol. The summed E-state index contributed by atoms with van der Waals surface area (Å²) in [6, 6.07) is 0. The Balaban J connectivity index is 2.70. The summed E-state index contributed by atoms with van der Waals surface area (Å²) in [6.45, 7) is 8.54. The van der Waals surface area contributed by atoms with E-state index in [4.69, 9.17) is 4.74 Å². The molecule has 1 aliphatic carbocycles. The van der Waals surface area contributed by atoms with Crippen molar-refractivity contribution in [1.82, 2.24) is 0 Å². The van der Waals surface area contributed by atoms with Crippen LogP contribution in [-0.4, -0.2) is 12.6 Å². The van der Waals surface area contributed by atoms with Crippen molar-refractivity contribution in [2.45, 2.75) is 47.0 Å². The van der Waals surface area contributed by atoms with Gasteiger partial charge in [-0.05, 0) is 45.4 Å². The second-order valence-corrected chi connectivity index (χ2v) is 4.48. The molecule has 0 heterocycles. The highest BCUT2D eigenvalue weighted by Crippen LogP contribution is 2.61. The highest BCUT2D eigenvalue weighted by atomic mass is 16.5. The minimum Gasteiger partial charge on any atom is -0.466 e. The standard InChI is InChI=1S/C11H20O2/c1-5-11(7-8-11)10(3,4)9(12)13-6-2/h5-8H2,1-4H3. The van der Waals surface area contributed by atoms with Crippen LogP contribution in [0.1, 0.15) is 47.0 Å². The van der Waals surface area contributed by atoms with Gasteiger partial charge in [0, 0.05) is 0 Å². The van der Waals surface area contributed by atoms with Gasteiger partial charge in [0.1, 0.15) is 0 Å². The van der Waals surface area contributed by atoms with Crippen molar-refractivity contribution < 1.29 is 9.53 Å². The van der Waals surface area contributed by atoms with Crippen molar-refractivity contribution >= 4 is 5.97 Å². The number of esters is 1. The average Bonchev–Trinajstić information content (AvgIpc) is 2.85. The van der Waals surface area contributed by atoms with Crippen molar-refractivity contribution in [2.24, 2.45) is 10.8 Å². The fraction of sp³-hybridized carbons (Fsp3) is 0.909. The Hall–Kier alpha value is -0.530. The van der Waals surface area contributed by atoms with Gasteiger partial charge in [0.2, 0.25) is 0 Å². The number of carbonyl (C=O) groups excluding carboxylic acids is 1. The molecule has 1 saturated carbocycles. The maximum absolute atomic E-state index is 11.7. The topological polar surface area (TPSA) is 26.3 Å². The number of ether oxygens (including phenoxy) is 1. The Morgan fingerprint density at radius 3 is 2.23 bits per heavy atom. The van der Waals surface area contributed by atoms with Crippen molar-refractivity contribution in [3.8, 4) is 0 Å². The molecule has 1 aliphatic rings. The highest BCUT2D eigenvalue weighted by molar-refractivity contribution is 5.77. The lowest BCUT2D eigenvalue weighted by Gasteiger charge is -2.31. The summed E-state index contributed by atoms with van der Waals surface area (Å²) in [6.07, 6.45) is 3.43. The molecule has 0 aromatic carbocycles. The Labute approximate surface area is 80.7 Å². The monoisotopic (exact) mass is 184 g/mol. The van der Waals surface area contributed by atoms with Crippen LogP contribution in [-0.2, 0) is 9.53 Å². The third kappa shape index (κ3) is 1.59. The molecule has 0 saturated heterocycles. The van der Waals surface area contributed by atoms with Gasteiger partial charge in [-0.2, -0.15) is 0 Å². The maximum atomic E-state index is 11.7. The van der Waals surface area contributed by atoms with Gasteiger partial charge >= 0.3 is 5.97 Å². The molecule has 1 fully saturated rings. The van der Waals surface area contributed by atoms with Gasteiger partial charge in [0.05, 0.1) is 12.0 Å². The molecule has 0 amide bonds. The highest BCUT2D eigenvalue weighted by Gasteiger charge is 2.57. The van der Waals surface area contributed by atoms with Crippen LogP contribution in [0.4, 0.5) is 0 Å². The van der Waals surface area contributed by atoms with Gasteiger partial charge in [-0.1, -0.05) is 6.92 Å². The Morgan fingerprint density at radius 2 is 1.92 bits per heavy atom. The molecule has 2 heteroatoms. The molecule has 0 spiro atoms. The van der Waals surface area contributed by atoms with E-state index in [1.807, 2.05) is 20.8 Å². The van der Waals surface area contributed by atoms with Gasteiger partial charge in [-0.25, -0.2) is 0 Å². The van der Waals surface area contributed by atoms with Crippen LogP contribution in [0.25, 0.3) is 0 Å². The van der Waals surface area contributed by atoms with E-state index in [9.17, 15) is 4.79 Å². The summed E-state index contributed by atoms with van der Waals surface area (Å²) in [5, 5.41) is 0. The summed E-state index contributed by atoms with van der Waals surface area (Å²) < 4.78 is 5.10. The van der Waals surface area contributed by atoms with Crippen LogP contribution in [0.5, 0.6) is 0 Å². The second kappa shape index (κ2) is 3.32. The minimum absolute atomic E-state index is 0.0330. The van der Waals surface area contributed by atoms with Gasteiger partial charge in [-0.15, -0.1) is 0 Å². The summed E-state index contributed by atoms with van der Waals surface area (Å²) in [4.78, 5) is 11.7. The van der Waals surface area contributed by atoms with E-state index >= 15 is 0 Å². The molecule has 0 aromatic heterocycles. The van der Waals surface area contributed by atoms with E-state index < -0.39 is 0 Å². The molecule has 2 nitrogen and oxygen atoms in total. The first kappa shape index (κ1) is 10.6. The lowest BCUT2D eigenvalue weighted by atomic mass is 9.74. The van der Waals surface area contributed by atoms with Crippen molar-refractivity contribution in [3.05, 3.63) is 0 Å². The second-order valence-electron chi connectivity index (χ2n) is 4.48. The Bertz CT molecular complexity index is 202. The van der Waals surface area contributed by atoms with Gasteiger partial charge in [0.25, 0.3) is 0 Å². The van der Waals surface area contributed by atoms with E-state index in [1.165, 1.54) is 12.8 Å². The zero-order valence-corrected chi connectivity index (χ0v) is 9.14. The minimum atomic E-state index is -0.294. The largest absolute Gasteiger partial charge is 0.466 e. The molecule has 0 bridgehead atoms. The van der Waals surface area contributed by atoms with Gasteiger partial charge in [0.15, 0.2) is 0 Å². The SMILES string of the molecule is CCOC(=O)C(C)(C)C1(CC)CC1. The summed E-state index contributed by atoms with van der Waals surface area (Å²) >= 11 is 0. The molecule has 1 rings (SSSR count). The molecular formula is C11H20O2. The molecule has 0 atom stereocenters. The zero-order chi connectivity index (χ0) is 10.1. The molecule has 13 heavy (non-hydrogen) atoms. The molecule has 0 N–H and O–H groups in total. The lowest BCUT2D eigenvalue weighted by Crippen LogP contribution is -2.35. The lowest BCUT2D eigenvalue weighted by molar-refractivity contribution is -0.157. The van der Waals surface area contributed by atoms with Crippen LogP contribution >= 0.6 is 0 Å². The fourth-order valence-electron chi connectivity index (χ4n) is 2.10. The number of rotatable bonds is 4.